The fraction of sp³-hybridized carbons (Fsp3) is 0.533. The minimum atomic E-state index is -0.427. The average molecular weight is 276 g/mol. The van der Waals surface area contributed by atoms with Gasteiger partial charge in [-0.15, -0.1) is 0 Å². The summed E-state index contributed by atoms with van der Waals surface area (Å²) in [5, 5.41) is 6.29. The maximum Gasteiger partial charge on any atom is 0.265 e. The van der Waals surface area contributed by atoms with Crippen LogP contribution in [0.3, 0.4) is 0 Å². The van der Waals surface area contributed by atoms with E-state index >= 15 is 0 Å². The van der Waals surface area contributed by atoms with E-state index in [-0.39, 0.29) is 5.91 Å². The van der Waals surface area contributed by atoms with Crippen molar-refractivity contribution in [1.82, 2.24) is 0 Å². The summed E-state index contributed by atoms with van der Waals surface area (Å²) in [5.41, 5.74) is 1.75. The van der Waals surface area contributed by atoms with Gasteiger partial charge in [-0.1, -0.05) is 0 Å². The van der Waals surface area contributed by atoms with Crippen LogP contribution in [0.4, 0.5) is 11.4 Å². The predicted octanol–water partition coefficient (Wildman–Crippen LogP) is 2.24. The lowest BCUT2D eigenvalue weighted by Crippen LogP contribution is -2.34. The molecule has 2 aliphatic heterocycles. The zero-order chi connectivity index (χ0) is 13.9. The highest BCUT2D eigenvalue weighted by Crippen LogP contribution is 2.32. The van der Waals surface area contributed by atoms with E-state index in [0.29, 0.717) is 5.92 Å². The third-order valence-corrected chi connectivity index (χ3v) is 3.85. The van der Waals surface area contributed by atoms with Crippen molar-refractivity contribution in [2.45, 2.75) is 25.9 Å². The standard InChI is InChI=1S/C15H20N2O3/c1-10-15(18)17-13-8-12(2-3-14(13)20-10)16-9-11-4-6-19-7-5-11/h2-3,8,10-11,16H,4-7,9H2,1H3,(H,17,18). The Hall–Kier alpha value is -1.75. The summed E-state index contributed by atoms with van der Waals surface area (Å²) in [6.07, 6.45) is 1.79. The molecule has 1 aromatic rings. The Balaban J connectivity index is 1.63. The average Bonchev–Trinajstić information content (AvgIpc) is 2.47. The zero-order valence-corrected chi connectivity index (χ0v) is 11.6. The number of hydrogen-bond acceptors (Lipinski definition) is 4. The molecule has 3 rings (SSSR count). The second-order valence-corrected chi connectivity index (χ2v) is 5.40. The molecule has 1 atom stereocenters. The number of fused-ring (bicyclic) bond motifs is 1. The number of hydrogen-bond donors (Lipinski definition) is 2. The number of amides is 1. The van der Waals surface area contributed by atoms with Crippen LogP contribution < -0.4 is 15.4 Å². The normalized spacial score (nSPS) is 22.6. The van der Waals surface area contributed by atoms with Crippen molar-refractivity contribution in [3.63, 3.8) is 0 Å². The van der Waals surface area contributed by atoms with Gasteiger partial charge in [0.25, 0.3) is 5.91 Å². The number of rotatable bonds is 3. The van der Waals surface area contributed by atoms with Gasteiger partial charge in [0.1, 0.15) is 5.75 Å². The third kappa shape index (κ3) is 2.88. The van der Waals surface area contributed by atoms with Crippen molar-refractivity contribution in [3.05, 3.63) is 18.2 Å². The summed E-state index contributed by atoms with van der Waals surface area (Å²) in [7, 11) is 0. The number of carbonyl (C=O) groups is 1. The first-order chi connectivity index (χ1) is 9.72. The van der Waals surface area contributed by atoms with E-state index in [2.05, 4.69) is 10.6 Å². The molecule has 5 heteroatoms. The van der Waals surface area contributed by atoms with Gasteiger partial charge in [-0.05, 0) is 43.9 Å². The molecule has 2 N–H and O–H groups in total. The summed E-state index contributed by atoms with van der Waals surface area (Å²) >= 11 is 0. The number of carbonyl (C=O) groups excluding carboxylic acids is 1. The molecule has 1 aromatic carbocycles. The molecule has 0 saturated carbocycles. The van der Waals surface area contributed by atoms with Crippen LogP contribution in [0.1, 0.15) is 19.8 Å². The van der Waals surface area contributed by atoms with Gasteiger partial charge in [-0.2, -0.15) is 0 Å². The van der Waals surface area contributed by atoms with Crippen LogP contribution in [0.25, 0.3) is 0 Å². The second-order valence-electron chi connectivity index (χ2n) is 5.40. The number of ether oxygens (including phenoxy) is 2. The van der Waals surface area contributed by atoms with Crippen molar-refractivity contribution in [2.75, 3.05) is 30.4 Å². The molecule has 0 aliphatic carbocycles. The van der Waals surface area contributed by atoms with Crippen molar-refractivity contribution in [3.8, 4) is 5.75 Å². The minimum Gasteiger partial charge on any atom is -0.479 e. The van der Waals surface area contributed by atoms with E-state index in [1.165, 1.54) is 0 Å². The minimum absolute atomic E-state index is 0.0981. The van der Waals surface area contributed by atoms with Gasteiger partial charge in [0.15, 0.2) is 6.10 Å². The Morgan fingerprint density at radius 2 is 2.15 bits per heavy atom. The van der Waals surface area contributed by atoms with Crippen LogP contribution in [-0.2, 0) is 9.53 Å². The Kier molecular flexibility index (Phi) is 3.78. The molecule has 2 aliphatic rings. The molecule has 1 fully saturated rings. The van der Waals surface area contributed by atoms with Gasteiger partial charge in [0.2, 0.25) is 0 Å². The monoisotopic (exact) mass is 276 g/mol. The molecular weight excluding hydrogens is 256 g/mol. The van der Waals surface area contributed by atoms with E-state index < -0.39 is 6.10 Å². The van der Waals surface area contributed by atoms with Crippen LogP contribution in [0.15, 0.2) is 18.2 Å². The molecule has 0 bridgehead atoms. The quantitative estimate of drug-likeness (QED) is 0.889. The van der Waals surface area contributed by atoms with E-state index in [9.17, 15) is 4.79 Å². The zero-order valence-electron chi connectivity index (χ0n) is 11.6. The predicted molar refractivity (Wildman–Crippen MR) is 77.2 cm³/mol. The SMILES string of the molecule is CC1Oc2ccc(NCC3CCOCC3)cc2NC1=O. The molecule has 20 heavy (non-hydrogen) atoms. The summed E-state index contributed by atoms with van der Waals surface area (Å²) in [5.74, 6) is 1.29. The Labute approximate surface area is 118 Å². The van der Waals surface area contributed by atoms with Gasteiger partial charge in [-0.3, -0.25) is 4.79 Å². The van der Waals surface area contributed by atoms with Gasteiger partial charge in [-0.25, -0.2) is 0 Å². The lowest BCUT2D eigenvalue weighted by molar-refractivity contribution is -0.122. The second kappa shape index (κ2) is 5.71. The first-order valence-electron chi connectivity index (χ1n) is 7.15. The van der Waals surface area contributed by atoms with Crippen molar-refractivity contribution in [1.29, 1.82) is 0 Å². The molecule has 1 amide bonds. The fourth-order valence-electron chi connectivity index (χ4n) is 2.53. The Bertz CT molecular complexity index is 498. The van der Waals surface area contributed by atoms with Gasteiger partial charge >= 0.3 is 0 Å². The van der Waals surface area contributed by atoms with E-state index in [1.54, 1.807) is 6.92 Å². The Morgan fingerprint density at radius 1 is 1.35 bits per heavy atom. The summed E-state index contributed by atoms with van der Waals surface area (Å²) in [6, 6.07) is 5.82. The molecule has 0 radical (unpaired) electrons. The molecule has 0 aromatic heterocycles. The van der Waals surface area contributed by atoms with Crippen LogP contribution in [-0.4, -0.2) is 31.8 Å². The lowest BCUT2D eigenvalue weighted by Gasteiger charge is -2.25. The smallest absolute Gasteiger partial charge is 0.265 e. The third-order valence-electron chi connectivity index (χ3n) is 3.85. The Morgan fingerprint density at radius 3 is 2.95 bits per heavy atom. The number of benzene rings is 1. The van der Waals surface area contributed by atoms with E-state index in [1.807, 2.05) is 18.2 Å². The van der Waals surface area contributed by atoms with Crippen molar-refractivity contribution in [2.24, 2.45) is 5.92 Å². The van der Waals surface area contributed by atoms with Gasteiger partial charge in [0.05, 0.1) is 5.69 Å². The summed E-state index contributed by atoms with van der Waals surface area (Å²) < 4.78 is 10.9. The first-order valence-corrected chi connectivity index (χ1v) is 7.15. The van der Waals surface area contributed by atoms with Gasteiger partial charge in [0, 0.05) is 25.4 Å². The molecule has 1 unspecified atom stereocenters. The maximum atomic E-state index is 11.6. The van der Waals surface area contributed by atoms with Crippen LogP contribution in [0, 0.1) is 5.92 Å². The van der Waals surface area contributed by atoms with E-state index in [0.717, 1.165) is 49.7 Å². The molecule has 5 nitrogen and oxygen atoms in total. The number of anilines is 2. The highest BCUT2D eigenvalue weighted by Gasteiger charge is 2.23. The molecular formula is C15H20N2O3. The summed E-state index contributed by atoms with van der Waals surface area (Å²) in [4.78, 5) is 11.6. The van der Waals surface area contributed by atoms with Crippen molar-refractivity contribution >= 4 is 17.3 Å². The maximum absolute atomic E-state index is 11.6. The summed E-state index contributed by atoms with van der Waals surface area (Å²) in [6.45, 7) is 4.40. The molecule has 0 spiro atoms. The van der Waals surface area contributed by atoms with Crippen LogP contribution >= 0.6 is 0 Å². The molecule has 1 saturated heterocycles. The highest BCUT2D eigenvalue weighted by atomic mass is 16.5. The highest BCUT2D eigenvalue weighted by molar-refractivity contribution is 5.98. The molecule has 108 valence electrons. The molecule has 2 heterocycles. The topological polar surface area (TPSA) is 59.6 Å². The van der Waals surface area contributed by atoms with Crippen LogP contribution in [0.2, 0.25) is 0 Å². The fourth-order valence-corrected chi connectivity index (χ4v) is 2.53. The largest absolute Gasteiger partial charge is 0.479 e. The van der Waals surface area contributed by atoms with Crippen LogP contribution in [0.5, 0.6) is 5.75 Å². The van der Waals surface area contributed by atoms with Crippen molar-refractivity contribution < 1.29 is 14.3 Å². The van der Waals surface area contributed by atoms with Gasteiger partial charge < -0.3 is 20.1 Å². The first kappa shape index (κ1) is 13.2. The lowest BCUT2D eigenvalue weighted by atomic mass is 10.0. The number of nitrogens with one attached hydrogen (secondary N) is 2. The van der Waals surface area contributed by atoms with E-state index in [4.69, 9.17) is 9.47 Å².